The lowest BCUT2D eigenvalue weighted by molar-refractivity contribution is 0.0977. The minimum Gasteiger partial charge on any atom is -0.392 e. The van der Waals surface area contributed by atoms with Crippen molar-refractivity contribution in [2.45, 2.75) is 60.5 Å². The SMILES string of the molecule is CCn1nc(C)cc1C(=O)/N=c1\n(C)c2ccccc2n1C/C=C/Cn1/c(=N/C(=O)c2cc(C)nn2CC)n(C)c2c(CO)cccc21. The maximum atomic E-state index is 13.5. The van der Waals surface area contributed by atoms with Gasteiger partial charge in [-0.15, -0.1) is 0 Å². The molecule has 2 aromatic carbocycles. The fraction of sp³-hybridized carbons (Fsp3) is 0.314. The molecule has 0 spiro atoms. The molecule has 13 heteroatoms. The third-order valence-corrected chi connectivity index (χ3v) is 8.50. The van der Waals surface area contributed by atoms with Crippen molar-refractivity contribution in [2.24, 2.45) is 24.1 Å². The summed E-state index contributed by atoms with van der Waals surface area (Å²) in [6, 6.07) is 17.1. The van der Waals surface area contributed by atoms with Gasteiger partial charge < -0.3 is 23.4 Å². The van der Waals surface area contributed by atoms with Crippen LogP contribution in [0.15, 0.2) is 76.7 Å². The first kappa shape index (κ1) is 32.4. The summed E-state index contributed by atoms with van der Waals surface area (Å²) in [5, 5.41) is 19.0. The Morgan fingerprint density at radius 3 is 1.77 bits per heavy atom. The highest BCUT2D eigenvalue weighted by molar-refractivity contribution is 5.94. The van der Waals surface area contributed by atoms with E-state index in [1.807, 2.05) is 115 Å². The Morgan fingerprint density at radius 1 is 0.729 bits per heavy atom. The molecule has 6 aromatic rings. The summed E-state index contributed by atoms with van der Waals surface area (Å²) in [6.45, 7) is 9.38. The van der Waals surface area contributed by atoms with Crippen LogP contribution in [0, 0.1) is 13.8 Å². The normalized spacial score (nSPS) is 12.8. The van der Waals surface area contributed by atoms with Gasteiger partial charge in [0.25, 0.3) is 11.8 Å². The lowest BCUT2D eigenvalue weighted by atomic mass is 10.2. The minimum absolute atomic E-state index is 0.151. The van der Waals surface area contributed by atoms with Crippen molar-refractivity contribution in [3.63, 3.8) is 0 Å². The Hall–Kier alpha value is -5.56. The van der Waals surface area contributed by atoms with Gasteiger partial charge in [-0.05, 0) is 58.0 Å². The molecule has 1 N–H and O–H groups in total. The number of allylic oxidation sites excluding steroid dienone is 2. The summed E-state index contributed by atoms with van der Waals surface area (Å²) in [5.74, 6) is -0.754. The van der Waals surface area contributed by atoms with Crippen LogP contribution in [-0.4, -0.2) is 54.8 Å². The van der Waals surface area contributed by atoms with Crippen molar-refractivity contribution in [2.75, 3.05) is 0 Å². The first-order valence-corrected chi connectivity index (χ1v) is 16.0. The van der Waals surface area contributed by atoms with E-state index < -0.39 is 5.91 Å². The lowest BCUT2D eigenvalue weighted by Crippen LogP contribution is -2.27. The second kappa shape index (κ2) is 13.3. The number of amides is 2. The number of aromatic nitrogens is 8. The van der Waals surface area contributed by atoms with Crippen LogP contribution >= 0.6 is 0 Å². The highest BCUT2D eigenvalue weighted by atomic mass is 16.3. The maximum absolute atomic E-state index is 13.5. The van der Waals surface area contributed by atoms with E-state index in [4.69, 9.17) is 0 Å². The Morgan fingerprint density at radius 2 is 1.23 bits per heavy atom. The van der Waals surface area contributed by atoms with Gasteiger partial charge in [0.2, 0.25) is 11.2 Å². The summed E-state index contributed by atoms with van der Waals surface area (Å²) in [7, 11) is 3.75. The Labute approximate surface area is 277 Å². The van der Waals surface area contributed by atoms with Crippen molar-refractivity contribution in [1.82, 2.24) is 37.8 Å². The van der Waals surface area contributed by atoms with Crippen LogP contribution in [0.5, 0.6) is 0 Å². The van der Waals surface area contributed by atoms with Crippen LogP contribution in [0.3, 0.4) is 0 Å². The molecule has 0 atom stereocenters. The van der Waals surface area contributed by atoms with E-state index in [0.29, 0.717) is 48.8 Å². The molecule has 2 amide bonds. The highest BCUT2D eigenvalue weighted by Gasteiger charge is 2.18. The van der Waals surface area contributed by atoms with E-state index in [9.17, 15) is 14.7 Å². The zero-order chi connectivity index (χ0) is 34.1. The summed E-state index contributed by atoms with van der Waals surface area (Å²) in [5.41, 5.74) is 7.58. The maximum Gasteiger partial charge on any atom is 0.298 e. The summed E-state index contributed by atoms with van der Waals surface area (Å²) < 4.78 is 11.0. The van der Waals surface area contributed by atoms with E-state index in [0.717, 1.165) is 39.0 Å². The second-order valence-corrected chi connectivity index (χ2v) is 11.6. The molecule has 0 aliphatic heterocycles. The van der Waals surface area contributed by atoms with Gasteiger partial charge in [0.05, 0.1) is 40.1 Å². The Balaban J connectivity index is 1.40. The third kappa shape index (κ3) is 5.77. The van der Waals surface area contributed by atoms with Gasteiger partial charge in [-0.1, -0.05) is 36.4 Å². The van der Waals surface area contributed by atoms with Gasteiger partial charge >= 0.3 is 0 Å². The van der Waals surface area contributed by atoms with Gasteiger partial charge in [-0.2, -0.15) is 20.2 Å². The predicted molar refractivity (Wildman–Crippen MR) is 182 cm³/mol. The number of carbonyl (C=O) groups is 2. The summed E-state index contributed by atoms with van der Waals surface area (Å²) in [6.07, 6.45) is 4.02. The number of hydrogen-bond acceptors (Lipinski definition) is 5. The van der Waals surface area contributed by atoms with Crippen molar-refractivity contribution in [1.29, 1.82) is 0 Å². The standard InChI is InChI=1S/C35H40N10O3/c1-7-44-29(20-23(3)38-44)32(47)36-34-40(5)26-15-9-10-16-27(26)42(34)18-11-12-19-43-28-17-13-14-25(22-46)31(28)41(6)35(43)37-33(48)30-21-24(4)39-45(30)8-2/h9-17,20-21,46H,7-8,18-19,22H2,1-6H3/b12-11+,36-34+,37-35+. The molecule has 248 valence electrons. The van der Waals surface area contributed by atoms with Crippen LogP contribution in [0.4, 0.5) is 0 Å². The number of rotatable bonds is 9. The van der Waals surface area contributed by atoms with E-state index in [1.165, 1.54) is 0 Å². The molecule has 4 heterocycles. The monoisotopic (exact) mass is 648 g/mol. The molecule has 0 saturated carbocycles. The third-order valence-electron chi connectivity index (χ3n) is 8.50. The molecule has 0 saturated heterocycles. The number of benzene rings is 2. The molecule has 0 bridgehead atoms. The van der Waals surface area contributed by atoms with Crippen LogP contribution in [0.25, 0.3) is 22.1 Å². The average molecular weight is 649 g/mol. The molecule has 0 aliphatic rings. The van der Waals surface area contributed by atoms with Gasteiger partial charge in [-0.25, -0.2) is 0 Å². The predicted octanol–water partition coefficient (Wildman–Crippen LogP) is 3.55. The highest BCUT2D eigenvalue weighted by Crippen LogP contribution is 2.19. The Bertz CT molecular complexity index is 2350. The summed E-state index contributed by atoms with van der Waals surface area (Å²) in [4.78, 5) is 36.1. The first-order chi connectivity index (χ1) is 23.2. The molecular formula is C35H40N10O3. The van der Waals surface area contributed by atoms with Crippen LogP contribution < -0.4 is 11.2 Å². The fourth-order valence-corrected chi connectivity index (χ4v) is 6.28. The second-order valence-electron chi connectivity index (χ2n) is 11.6. The van der Waals surface area contributed by atoms with E-state index in [1.54, 1.807) is 21.5 Å². The quantitative estimate of drug-likeness (QED) is 0.240. The number of aliphatic hydroxyl groups is 1. The summed E-state index contributed by atoms with van der Waals surface area (Å²) >= 11 is 0. The smallest absolute Gasteiger partial charge is 0.298 e. The first-order valence-electron chi connectivity index (χ1n) is 16.0. The van der Waals surface area contributed by atoms with Gasteiger partial charge in [0.1, 0.15) is 11.4 Å². The molecular weight excluding hydrogens is 608 g/mol. The number of hydrogen-bond donors (Lipinski definition) is 1. The molecule has 4 aromatic heterocycles. The fourth-order valence-electron chi connectivity index (χ4n) is 6.28. The van der Waals surface area contributed by atoms with Crippen molar-refractivity contribution in [3.05, 3.63) is 106 Å². The van der Waals surface area contributed by atoms with Gasteiger partial charge in [-0.3, -0.25) is 19.0 Å². The molecule has 0 aliphatic carbocycles. The van der Waals surface area contributed by atoms with Gasteiger partial charge in [0.15, 0.2) is 0 Å². The zero-order valence-electron chi connectivity index (χ0n) is 28.1. The van der Waals surface area contributed by atoms with E-state index in [-0.39, 0.29) is 12.5 Å². The number of imidazole rings is 2. The van der Waals surface area contributed by atoms with Crippen LogP contribution in [0.2, 0.25) is 0 Å². The van der Waals surface area contributed by atoms with Crippen LogP contribution in [-0.2, 0) is 46.9 Å². The molecule has 13 nitrogen and oxygen atoms in total. The van der Waals surface area contributed by atoms with Crippen LogP contribution in [0.1, 0.15) is 51.8 Å². The van der Waals surface area contributed by atoms with Crippen molar-refractivity contribution >= 4 is 33.9 Å². The van der Waals surface area contributed by atoms with Gasteiger partial charge in [0, 0.05) is 45.8 Å². The number of para-hydroxylation sites is 3. The number of aryl methyl sites for hydroxylation is 6. The van der Waals surface area contributed by atoms with Crippen molar-refractivity contribution in [3.8, 4) is 0 Å². The largest absolute Gasteiger partial charge is 0.392 e. The van der Waals surface area contributed by atoms with Crippen molar-refractivity contribution < 1.29 is 14.7 Å². The number of carbonyl (C=O) groups excluding carboxylic acids is 2. The average Bonchev–Trinajstić information content (AvgIpc) is 3.81. The molecule has 0 unspecified atom stereocenters. The lowest BCUT2D eigenvalue weighted by Gasteiger charge is -2.04. The van der Waals surface area contributed by atoms with E-state index >= 15 is 0 Å². The molecule has 48 heavy (non-hydrogen) atoms. The Kier molecular flexibility index (Phi) is 8.96. The number of aliphatic hydroxyl groups excluding tert-OH is 1. The number of fused-ring (bicyclic) bond motifs is 2. The molecule has 6 rings (SSSR count). The minimum atomic E-state index is -0.395. The molecule has 0 radical (unpaired) electrons. The topological polar surface area (TPSA) is 134 Å². The number of nitrogens with zero attached hydrogens (tertiary/aromatic N) is 10. The zero-order valence-corrected chi connectivity index (χ0v) is 28.1. The van der Waals surface area contributed by atoms with E-state index in [2.05, 4.69) is 20.2 Å². The molecule has 0 fully saturated rings.